The van der Waals surface area contributed by atoms with Crippen molar-refractivity contribution in [1.82, 2.24) is 0 Å². The van der Waals surface area contributed by atoms with Crippen LogP contribution in [0.3, 0.4) is 0 Å². The van der Waals surface area contributed by atoms with E-state index in [0.717, 1.165) is 86.9 Å². The van der Waals surface area contributed by atoms with Gasteiger partial charge in [-0.25, -0.2) is 0 Å². The number of hydrogen-bond donors (Lipinski definition) is 0. The first-order valence-electron chi connectivity index (χ1n) is 53.0. The minimum absolute atomic E-state index is 0.121. The predicted molar refractivity (Wildman–Crippen MR) is 507 cm³/mol. The van der Waals surface area contributed by atoms with E-state index in [4.69, 9.17) is 34.3 Å². The van der Waals surface area contributed by atoms with Gasteiger partial charge in [0.1, 0.15) is 0 Å². The van der Waals surface area contributed by atoms with Crippen molar-refractivity contribution in [2.24, 2.45) is 32.5 Å². The van der Waals surface area contributed by atoms with E-state index < -0.39 is 104 Å². The van der Waals surface area contributed by atoms with E-state index in [0.29, 0.717) is 22.3 Å². The second-order valence-electron chi connectivity index (χ2n) is 39.0. The molecule has 1 fully saturated rings. The Kier molecular flexibility index (Phi) is 28.6. The van der Waals surface area contributed by atoms with Crippen LogP contribution in [0.2, 0.25) is 50.9 Å². The minimum atomic E-state index is -2.31. The maximum absolute atomic E-state index is 8.55. The molecule has 0 spiro atoms. The van der Waals surface area contributed by atoms with E-state index in [-0.39, 0.29) is 44.1 Å². The van der Waals surface area contributed by atoms with Crippen molar-refractivity contribution >= 4 is 16.1 Å². The first kappa shape index (κ1) is 67.3. The molecule has 0 bridgehead atoms. The van der Waals surface area contributed by atoms with Gasteiger partial charge in [0.2, 0.25) is 0 Å². The summed E-state index contributed by atoms with van der Waals surface area (Å²) in [5.41, 5.74) is 15.5. The highest BCUT2D eigenvalue weighted by Gasteiger charge is 2.21. The van der Waals surface area contributed by atoms with Crippen molar-refractivity contribution < 1.29 is 34.3 Å². The van der Waals surface area contributed by atoms with Gasteiger partial charge in [-0.05, 0) is 347 Å². The summed E-state index contributed by atoms with van der Waals surface area (Å²) in [7, 11) is -1.28. The summed E-state index contributed by atoms with van der Waals surface area (Å²) in [4.78, 5) is 0. The van der Waals surface area contributed by atoms with Gasteiger partial charge in [-0.2, -0.15) is 0 Å². The van der Waals surface area contributed by atoms with Crippen molar-refractivity contribution in [1.29, 1.82) is 0 Å². The second-order valence-corrected chi connectivity index (χ2v) is 50.7. The van der Waals surface area contributed by atoms with Crippen LogP contribution in [0.15, 0.2) is 103 Å². The molecular formula is C107H178Si2. The fraction of sp³-hybridized carbons (Fsp3) is 0.607. The molecule has 1 aliphatic rings. The van der Waals surface area contributed by atoms with Crippen LogP contribution in [0.25, 0.3) is 0 Å². The Morgan fingerprint density at radius 2 is 0.651 bits per heavy atom. The van der Waals surface area contributed by atoms with Gasteiger partial charge >= 0.3 is 0 Å². The van der Waals surface area contributed by atoms with Crippen molar-refractivity contribution in [3.63, 3.8) is 0 Å². The zero-order valence-corrected chi connectivity index (χ0v) is 79.5. The summed E-state index contributed by atoms with van der Waals surface area (Å²) in [6, 6.07) is 35.8. The first-order valence-corrected chi connectivity index (χ1v) is 47.6. The Bertz CT molecular complexity index is 4830. The van der Waals surface area contributed by atoms with Crippen LogP contribution in [-0.4, -0.2) is 16.1 Å². The summed E-state index contributed by atoms with van der Waals surface area (Å²) in [5, 5.41) is 0. The molecule has 1 saturated carbocycles. The molecule has 7 aromatic carbocycles. The lowest BCUT2D eigenvalue weighted by Crippen LogP contribution is -2.25. The Balaban J connectivity index is 0.00000151. The van der Waals surface area contributed by atoms with Gasteiger partial charge in [-0.15, -0.1) is 0 Å². The number of rotatable bonds is 10. The maximum atomic E-state index is 8.55. The molecule has 7 aromatic rings. The zero-order chi connectivity index (χ0) is 107. The zero-order valence-electron chi connectivity index (χ0n) is 102. The lowest BCUT2D eigenvalue weighted by atomic mass is 9.83. The standard InChI is InChI=1S/C15H24.C14H20.3C14H22.C13H20.C12H18.C7H18Si.C4H12Si/c1-10-8-14(9-15(5,6)7)13(4)12(3)11(10)2;1-11-8-9-14(10-12(11)2)13-6-4-3-5-7-13;1-10-7-13(9-14(4,5)6)8-11(2)12(10)3;1-10-7-12(3)13(8-11(10)2)9-14(4,5)6;1-10-7-8-13(9-14(4,5)6)12(3)11(10)2;1-10-6-7-12(8-11(10)2)9-13(3,4)5;1-10-5-7-11(8-6-10)9-12(2,3)4;1-5-8(4,6-2)7-3;1-5(2,3)4/h8H,9H2,1-7H3;8-10,13H,3-7H2,1-2H3;3*7-8H,9H2,1-6H3;6-8H,9H2,1-5H3;5-8H,9H2,1-4H3;5-7H2,1-4H3;1-4H3/i4D3,9D2;2D3,13D;9D2;2*3D3,9D2;2*9D2;;. The molecule has 1 aliphatic carbocycles. The van der Waals surface area contributed by atoms with Crippen LogP contribution in [0.1, 0.15) is 357 Å². The van der Waals surface area contributed by atoms with Crippen molar-refractivity contribution in [3.05, 3.63) is 242 Å². The van der Waals surface area contributed by atoms with Crippen LogP contribution >= 0.6 is 0 Å². The van der Waals surface area contributed by atoms with E-state index in [9.17, 15) is 0 Å². The van der Waals surface area contributed by atoms with Gasteiger partial charge in [0, 0.05) is 50.4 Å². The largest absolute Gasteiger partial charge is 0.0697 e. The molecule has 2 heteroatoms. The third-order valence-electron chi connectivity index (χ3n) is 18.8. The fourth-order valence-corrected chi connectivity index (χ4v) is 12.5. The molecule has 0 unspecified atom stereocenters. The van der Waals surface area contributed by atoms with Crippen LogP contribution in [0.5, 0.6) is 0 Å². The van der Waals surface area contributed by atoms with Crippen LogP contribution < -0.4 is 0 Å². The monoisotopic (exact) mass is 1540 g/mol. The third kappa shape index (κ3) is 46.1. The number of aryl methyl sites for hydroxylation is 12. The lowest BCUT2D eigenvalue weighted by molar-refractivity contribution is 0.410. The fourth-order valence-electron chi connectivity index (χ4n) is 11.0. The molecule has 0 atom stereocenters. The number of benzene rings is 7. The highest BCUT2D eigenvalue weighted by molar-refractivity contribution is 6.78. The summed E-state index contributed by atoms with van der Waals surface area (Å²) in [6.07, 6.45) is -3.95. The molecule has 0 heterocycles. The molecule has 0 saturated heterocycles. The third-order valence-corrected chi connectivity index (χ3v) is 23.9. The molecule has 614 valence electrons. The van der Waals surface area contributed by atoms with E-state index in [1.165, 1.54) is 52.4 Å². The van der Waals surface area contributed by atoms with Gasteiger partial charge in [0.05, 0.1) is 0 Å². The Labute approximate surface area is 718 Å². The molecule has 0 amide bonds. The molecule has 109 heavy (non-hydrogen) atoms. The lowest BCUT2D eigenvalue weighted by Gasteiger charge is -2.22. The highest BCUT2D eigenvalue weighted by Crippen LogP contribution is 2.35. The highest BCUT2D eigenvalue weighted by atomic mass is 28.3. The van der Waals surface area contributed by atoms with Gasteiger partial charge in [0.25, 0.3) is 0 Å². The number of hydrogen-bond acceptors (Lipinski definition) is 0. The van der Waals surface area contributed by atoms with Crippen LogP contribution in [0, 0.1) is 157 Å². The summed E-state index contributed by atoms with van der Waals surface area (Å²) >= 11 is 0. The Hall–Kier alpha value is -5.03. The van der Waals surface area contributed by atoms with Crippen molar-refractivity contribution in [3.8, 4) is 0 Å². The molecule has 0 radical (unpaired) electrons. The Morgan fingerprint density at radius 1 is 0.303 bits per heavy atom. The minimum Gasteiger partial charge on any atom is -0.0697 e. The molecule has 0 nitrogen and oxygen atoms in total. The molecule has 8 rings (SSSR count). The molecule has 0 aliphatic heterocycles. The first-order chi connectivity index (χ1) is 59.3. The van der Waals surface area contributed by atoms with Crippen molar-refractivity contribution in [2.75, 3.05) is 0 Å². The van der Waals surface area contributed by atoms with Crippen LogP contribution in [-0.2, 0) is 38.2 Å². The molecular weight excluding hydrogens is 1340 g/mol. The topological polar surface area (TPSA) is 0 Å². The quantitative estimate of drug-likeness (QED) is 0.120. The SMILES string of the molecule is CC[Si](C)(CC)CC.C[Si](C)(C)C.[2H]C([2H])([2H])c1c(C([2H])([2H])C(C)(C)C)cc(C)c(C)c1C.[2H]C([2H])([2H])c1c(C([2H])([2H])C(C)(C)C)ccc(C)c1C.[2H]C([2H])([2H])c1cc(C)c(C)cc1C([2H])([2H])C(C)(C)C.[2H]C([2H])([2H])c1cc(C2([2H])CCCCC2)ccc1C.[2H]C([2H])(c1cc(C)c(C)c(C)c1)C(C)(C)C.[2H]C([2H])(c1ccc(C)c(C)c1)C(C)(C)C.[2H]C([2H])(c1ccc(C)cc1)C(C)(C)C. The van der Waals surface area contributed by atoms with Gasteiger partial charge in [-0.1, -0.05) is 324 Å². The van der Waals surface area contributed by atoms with Gasteiger partial charge in [0.15, 0.2) is 0 Å². The second kappa shape index (κ2) is 46.4. The summed E-state index contributed by atoms with van der Waals surface area (Å²) < 4.78 is 200. The van der Waals surface area contributed by atoms with Gasteiger partial charge < -0.3 is 0 Å². The predicted octanol–water partition coefficient (Wildman–Crippen LogP) is 34.0. The van der Waals surface area contributed by atoms with E-state index in [1.54, 1.807) is 113 Å². The van der Waals surface area contributed by atoms with Crippen molar-refractivity contribution in [2.45, 2.75) is 397 Å². The smallest absolute Gasteiger partial charge is 0.0496 e. The average Bonchev–Trinajstić information content (AvgIpc) is 0.750. The molecule has 0 N–H and O–H groups in total. The Morgan fingerprint density at radius 3 is 1.08 bits per heavy atom. The summed E-state index contributed by atoms with van der Waals surface area (Å²) in [5.74, 6) is -0.577. The summed E-state index contributed by atoms with van der Waals surface area (Å²) in [6.45, 7) is 70.2. The van der Waals surface area contributed by atoms with E-state index in [2.05, 4.69) is 60.4 Å². The van der Waals surface area contributed by atoms with E-state index >= 15 is 0 Å². The normalized spacial score (nSPS) is 17.6. The maximum Gasteiger partial charge on any atom is 0.0496 e. The van der Waals surface area contributed by atoms with Crippen LogP contribution in [0.4, 0.5) is 0 Å². The average molecular weight is 1550 g/mol. The van der Waals surface area contributed by atoms with E-state index in [1.807, 2.05) is 205 Å². The molecule has 0 aromatic heterocycles. The van der Waals surface area contributed by atoms with Gasteiger partial charge in [-0.3, -0.25) is 0 Å².